The molecule has 1 atom stereocenters. The molecule has 0 radical (unpaired) electrons. The molecule has 2 aromatic rings. The van der Waals surface area contributed by atoms with Crippen molar-refractivity contribution >= 4 is 11.6 Å². The lowest BCUT2D eigenvalue weighted by Gasteiger charge is -2.15. The Morgan fingerprint density at radius 1 is 1.29 bits per heavy atom. The van der Waals surface area contributed by atoms with Crippen molar-refractivity contribution in [2.75, 3.05) is 0 Å². The van der Waals surface area contributed by atoms with E-state index in [9.17, 15) is 0 Å². The summed E-state index contributed by atoms with van der Waals surface area (Å²) in [4.78, 5) is 3.94. The Balaban J connectivity index is 1.99. The smallest absolute Gasteiger partial charge is 0.137 e. The maximum absolute atomic E-state index is 5.90. The fourth-order valence-electron chi connectivity index (χ4n) is 1.98. The molecule has 0 fully saturated rings. The summed E-state index contributed by atoms with van der Waals surface area (Å²) in [5.74, 6) is 0.552. The highest BCUT2D eigenvalue weighted by Gasteiger charge is 2.09. The Kier molecular flexibility index (Phi) is 4.15. The first kappa shape index (κ1) is 12.1. The number of benzene rings is 1. The Labute approximate surface area is 106 Å². The highest BCUT2D eigenvalue weighted by molar-refractivity contribution is 6.30. The summed E-state index contributed by atoms with van der Waals surface area (Å²) in [6.07, 6.45) is 5.52. The second kappa shape index (κ2) is 5.82. The van der Waals surface area contributed by atoms with Gasteiger partial charge in [-0.1, -0.05) is 30.7 Å². The van der Waals surface area contributed by atoms with Crippen molar-refractivity contribution < 1.29 is 0 Å². The third-order valence-corrected chi connectivity index (χ3v) is 3.26. The summed E-state index contributed by atoms with van der Waals surface area (Å²) in [7, 11) is 0. The van der Waals surface area contributed by atoms with Crippen LogP contribution in [0.5, 0.6) is 0 Å². The van der Waals surface area contributed by atoms with E-state index in [4.69, 9.17) is 11.6 Å². The Morgan fingerprint density at radius 3 is 2.65 bits per heavy atom. The summed E-state index contributed by atoms with van der Waals surface area (Å²) in [5.41, 5.74) is 1.34. The zero-order chi connectivity index (χ0) is 12.1. The topological polar surface area (TPSA) is 30.7 Å². The van der Waals surface area contributed by atoms with E-state index in [1.54, 1.807) is 12.7 Å². The van der Waals surface area contributed by atoms with E-state index < -0.39 is 0 Å². The number of aryl methyl sites for hydroxylation is 1. The molecule has 0 amide bonds. The number of hydrogen-bond acceptors (Lipinski definition) is 2. The molecular weight excluding hydrogens is 234 g/mol. The summed E-state index contributed by atoms with van der Waals surface area (Å²) < 4.78 is 1.87. The number of halogens is 1. The summed E-state index contributed by atoms with van der Waals surface area (Å²) in [6, 6.07) is 8.12. The number of hydrogen-bond donors (Lipinski definition) is 0. The van der Waals surface area contributed by atoms with E-state index in [1.807, 2.05) is 16.8 Å². The average molecular weight is 250 g/mol. The van der Waals surface area contributed by atoms with Crippen LogP contribution in [-0.2, 0) is 6.54 Å². The van der Waals surface area contributed by atoms with Gasteiger partial charge >= 0.3 is 0 Å². The van der Waals surface area contributed by atoms with E-state index in [0.717, 1.165) is 24.4 Å². The third kappa shape index (κ3) is 3.30. The molecule has 0 N–H and O–H groups in total. The van der Waals surface area contributed by atoms with Crippen LogP contribution in [0.4, 0.5) is 0 Å². The minimum Gasteiger partial charge on any atom is -0.253 e. The van der Waals surface area contributed by atoms with Crippen LogP contribution >= 0.6 is 11.6 Å². The molecule has 0 aliphatic carbocycles. The molecular formula is C13H16ClN3. The number of aromatic nitrogens is 3. The molecule has 1 aromatic heterocycles. The van der Waals surface area contributed by atoms with Gasteiger partial charge in [0.15, 0.2) is 0 Å². The lowest BCUT2D eigenvalue weighted by atomic mass is 9.93. The van der Waals surface area contributed by atoms with Gasteiger partial charge in [-0.25, -0.2) is 4.98 Å². The molecule has 0 saturated carbocycles. The minimum absolute atomic E-state index is 0.552. The lowest BCUT2D eigenvalue weighted by Crippen LogP contribution is -2.05. The molecule has 4 heteroatoms. The average Bonchev–Trinajstić information content (AvgIpc) is 2.85. The highest BCUT2D eigenvalue weighted by atomic mass is 35.5. The molecule has 90 valence electrons. The fraction of sp³-hybridized carbons (Fsp3) is 0.385. The minimum atomic E-state index is 0.552. The molecule has 17 heavy (non-hydrogen) atoms. The standard InChI is InChI=1S/C13H16ClN3/c1-2-11(7-8-17-10-15-9-16-17)12-3-5-13(14)6-4-12/h3-6,9-11H,2,7-8H2,1H3/t11-/m0/s1. The van der Waals surface area contributed by atoms with Gasteiger partial charge in [0, 0.05) is 11.6 Å². The fourth-order valence-corrected chi connectivity index (χ4v) is 2.10. The van der Waals surface area contributed by atoms with E-state index in [0.29, 0.717) is 5.92 Å². The van der Waals surface area contributed by atoms with Crippen molar-refractivity contribution in [3.63, 3.8) is 0 Å². The van der Waals surface area contributed by atoms with Gasteiger partial charge in [-0.3, -0.25) is 4.68 Å². The van der Waals surface area contributed by atoms with Crippen LogP contribution in [-0.4, -0.2) is 14.8 Å². The van der Waals surface area contributed by atoms with Crippen LogP contribution in [0, 0.1) is 0 Å². The predicted octanol–water partition coefficient (Wildman–Crippen LogP) is 3.52. The zero-order valence-electron chi connectivity index (χ0n) is 9.88. The molecule has 2 rings (SSSR count). The van der Waals surface area contributed by atoms with Gasteiger partial charge in [-0.2, -0.15) is 5.10 Å². The van der Waals surface area contributed by atoms with Gasteiger partial charge in [-0.15, -0.1) is 0 Å². The molecule has 3 nitrogen and oxygen atoms in total. The molecule has 0 bridgehead atoms. The summed E-state index contributed by atoms with van der Waals surface area (Å²) >= 11 is 5.90. The van der Waals surface area contributed by atoms with Gasteiger partial charge < -0.3 is 0 Å². The van der Waals surface area contributed by atoms with Crippen LogP contribution < -0.4 is 0 Å². The zero-order valence-corrected chi connectivity index (χ0v) is 10.6. The van der Waals surface area contributed by atoms with Crippen molar-refractivity contribution in [2.45, 2.75) is 32.2 Å². The van der Waals surface area contributed by atoms with Gasteiger partial charge in [0.1, 0.15) is 12.7 Å². The van der Waals surface area contributed by atoms with Crippen LogP contribution in [0.2, 0.25) is 5.02 Å². The van der Waals surface area contributed by atoms with E-state index in [2.05, 4.69) is 29.1 Å². The van der Waals surface area contributed by atoms with Gasteiger partial charge in [0.2, 0.25) is 0 Å². The predicted molar refractivity (Wildman–Crippen MR) is 69.1 cm³/mol. The molecule has 0 unspecified atom stereocenters. The molecule has 0 saturated heterocycles. The maximum Gasteiger partial charge on any atom is 0.137 e. The molecule has 1 heterocycles. The van der Waals surface area contributed by atoms with E-state index >= 15 is 0 Å². The normalized spacial score (nSPS) is 12.6. The highest BCUT2D eigenvalue weighted by Crippen LogP contribution is 2.25. The van der Waals surface area contributed by atoms with Crippen molar-refractivity contribution in [3.05, 3.63) is 47.5 Å². The Morgan fingerprint density at radius 2 is 2.06 bits per heavy atom. The first-order valence-corrected chi connectivity index (χ1v) is 6.25. The van der Waals surface area contributed by atoms with E-state index in [1.165, 1.54) is 5.56 Å². The van der Waals surface area contributed by atoms with Crippen LogP contribution in [0.3, 0.4) is 0 Å². The Hall–Kier alpha value is -1.35. The maximum atomic E-state index is 5.90. The largest absolute Gasteiger partial charge is 0.253 e. The molecule has 0 spiro atoms. The first-order chi connectivity index (χ1) is 8.29. The van der Waals surface area contributed by atoms with Crippen LogP contribution in [0.25, 0.3) is 0 Å². The Bertz CT molecular complexity index is 436. The van der Waals surface area contributed by atoms with Gasteiger partial charge in [0.25, 0.3) is 0 Å². The van der Waals surface area contributed by atoms with Gasteiger partial charge in [-0.05, 0) is 36.5 Å². The SMILES string of the molecule is CC[C@@H](CCn1cncn1)c1ccc(Cl)cc1. The quantitative estimate of drug-likeness (QED) is 0.812. The monoisotopic (exact) mass is 249 g/mol. The number of nitrogens with zero attached hydrogens (tertiary/aromatic N) is 3. The second-order valence-electron chi connectivity index (χ2n) is 4.10. The summed E-state index contributed by atoms with van der Waals surface area (Å²) in [6.45, 7) is 3.11. The second-order valence-corrected chi connectivity index (χ2v) is 4.54. The lowest BCUT2D eigenvalue weighted by molar-refractivity contribution is 0.503. The van der Waals surface area contributed by atoms with Crippen molar-refractivity contribution in [2.24, 2.45) is 0 Å². The summed E-state index contributed by atoms with van der Waals surface area (Å²) in [5, 5.41) is 4.91. The van der Waals surface area contributed by atoms with Gasteiger partial charge in [0.05, 0.1) is 0 Å². The van der Waals surface area contributed by atoms with Crippen molar-refractivity contribution in [1.29, 1.82) is 0 Å². The van der Waals surface area contributed by atoms with E-state index in [-0.39, 0.29) is 0 Å². The van der Waals surface area contributed by atoms with Crippen LogP contribution in [0.1, 0.15) is 31.2 Å². The van der Waals surface area contributed by atoms with Crippen LogP contribution in [0.15, 0.2) is 36.9 Å². The molecule has 0 aliphatic rings. The molecule has 1 aromatic carbocycles. The molecule has 0 aliphatic heterocycles. The first-order valence-electron chi connectivity index (χ1n) is 5.87. The third-order valence-electron chi connectivity index (χ3n) is 3.01. The van der Waals surface area contributed by atoms with Crippen molar-refractivity contribution in [3.8, 4) is 0 Å². The van der Waals surface area contributed by atoms with Crippen molar-refractivity contribution in [1.82, 2.24) is 14.8 Å². The number of rotatable bonds is 5.